The van der Waals surface area contributed by atoms with Crippen LogP contribution in [-0.4, -0.2) is 24.5 Å². The van der Waals surface area contributed by atoms with Gasteiger partial charge in [0, 0.05) is 24.3 Å². The first kappa shape index (κ1) is 13.9. The number of carbonyl (C=O) groups excluding carboxylic acids is 1. The number of anilines is 1. The van der Waals surface area contributed by atoms with Gasteiger partial charge in [-0.15, -0.1) is 0 Å². The molecule has 1 aliphatic carbocycles. The number of benzene rings is 1. The van der Waals surface area contributed by atoms with Crippen molar-refractivity contribution in [3.05, 3.63) is 29.8 Å². The van der Waals surface area contributed by atoms with Gasteiger partial charge < -0.3 is 16.0 Å². The van der Waals surface area contributed by atoms with Gasteiger partial charge in [-0.2, -0.15) is 0 Å². The molecule has 19 heavy (non-hydrogen) atoms. The third kappa shape index (κ3) is 3.96. The van der Waals surface area contributed by atoms with Crippen LogP contribution in [0.15, 0.2) is 24.3 Å². The van der Waals surface area contributed by atoms with Crippen molar-refractivity contribution < 1.29 is 4.79 Å². The van der Waals surface area contributed by atoms with Crippen LogP contribution < -0.4 is 16.0 Å². The predicted molar refractivity (Wildman–Crippen MR) is 78.0 cm³/mol. The van der Waals surface area contributed by atoms with Gasteiger partial charge in [0.05, 0.1) is 6.54 Å². The molecule has 3 N–H and O–H groups in total. The lowest BCUT2D eigenvalue weighted by Crippen LogP contribution is -2.41. The third-order valence-corrected chi connectivity index (χ3v) is 3.25. The number of carbonyl (C=O) groups is 1. The van der Waals surface area contributed by atoms with Crippen LogP contribution in [0, 0.1) is 0 Å². The monoisotopic (exact) mass is 261 g/mol. The molecule has 0 saturated heterocycles. The second kappa shape index (κ2) is 6.06. The summed E-state index contributed by atoms with van der Waals surface area (Å²) in [5.74, 6) is 0.0878. The lowest BCUT2D eigenvalue weighted by molar-refractivity contribution is -0.120. The predicted octanol–water partition coefficient (Wildman–Crippen LogP) is 1.64. The largest absolute Gasteiger partial charge is 0.359 e. The Morgan fingerprint density at radius 2 is 2.00 bits per heavy atom. The van der Waals surface area contributed by atoms with Gasteiger partial charge in [-0.3, -0.25) is 4.79 Å². The quantitative estimate of drug-likeness (QED) is 0.818. The maximum Gasteiger partial charge on any atom is 0.239 e. The summed E-state index contributed by atoms with van der Waals surface area (Å²) >= 11 is 0. The second-order valence-corrected chi connectivity index (χ2v) is 5.45. The van der Waals surface area contributed by atoms with Crippen molar-refractivity contribution in [1.82, 2.24) is 5.32 Å². The van der Waals surface area contributed by atoms with E-state index in [1.807, 2.05) is 26.0 Å². The van der Waals surface area contributed by atoms with Gasteiger partial charge in [0.1, 0.15) is 0 Å². The van der Waals surface area contributed by atoms with Crippen LogP contribution in [0.3, 0.4) is 0 Å². The second-order valence-electron chi connectivity index (χ2n) is 5.45. The average molecular weight is 261 g/mol. The maximum absolute atomic E-state index is 11.9. The minimum atomic E-state index is 0.0878. The van der Waals surface area contributed by atoms with Gasteiger partial charge in [-0.1, -0.05) is 12.1 Å². The molecule has 4 heteroatoms. The van der Waals surface area contributed by atoms with Crippen molar-refractivity contribution in [2.45, 2.75) is 45.3 Å². The summed E-state index contributed by atoms with van der Waals surface area (Å²) in [6.07, 6.45) is 2.35. The molecular weight excluding hydrogens is 238 g/mol. The molecule has 1 fully saturated rings. The highest BCUT2D eigenvalue weighted by Gasteiger charge is 2.30. The highest BCUT2D eigenvalue weighted by Crippen LogP contribution is 2.31. The summed E-state index contributed by atoms with van der Waals surface area (Å²) in [6, 6.07) is 8.89. The maximum atomic E-state index is 11.9. The van der Waals surface area contributed by atoms with Crippen LogP contribution in [0.2, 0.25) is 0 Å². The van der Waals surface area contributed by atoms with Crippen LogP contribution in [0.1, 0.15) is 32.3 Å². The molecule has 0 unspecified atom stereocenters. The molecule has 0 aromatic heterocycles. The Labute approximate surface area is 115 Å². The lowest BCUT2D eigenvalue weighted by atomic mass is 10.2. The van der Waals surface area contributed by atoms with Crippen molar-refractivity contribution in [2.24, 2.45) is 5.73 Å². The molecule has 1 aromatic rings. The Balaban J connectivity index is 2.04. The van der Waals surface area contributed by atoms with E-state index in [9.17, 15) is 4.79 Å². The molecule has 104 valence electrons. The van der Waals surface area contributed by atoms with Gasteiger partial charge in [-0.05, 0) is 44.4 Å². The first-order chi connectivity index (χ1) is 9.10. The molecule has 2 rings (SSSR count). The summed E-state index contributed by atoms with van der Waals surface area (Å²) < 4.78 is 0. The van der Waals surface area contributed by atoms with Gasteiger partial charge >= 0.3 is 0 Å². The number of nitrogens with one attached hydrogen (secondary N) is 1. The van der Waals surface area contributed by atoms with Crippen molar-refractivity contribution in [2.75, 3.05) is 11.4 Å². The summed E-state index contributed by atoms with van der Waals surface area (Å²) in [5.41, 5.74) is 7.83. The molecule has 0 aliphatic heterocycles. The minimum Gasteiger partial charge on any atom is -0.359 e. The number of rotatable bonds is 6. The van der Waals surface area contributed by atoms with E-state index in [4.69, 9.17) is 5.73 Å². The van der Waals surface area contributed by atoms with Crippen LogP contribution in [0.5, 0.6) is 0 Å². The molecule has 0 atom stereocenters. The summed E-state index contributed by atoms with van der Waals surface area (Å²) in [7, 11) is 0. The Bertz CT molecular complexity index is 424. The summed E-state index contributed by atoms with van der Waals surface area (Å²) in [4.78, 5) is 14.1. The molecule has 1 saturated carbocycles. The molecular formula is C15H23N3O. The zero-order chi connectivity index (χ0) is 13.8. The average Bonchev–Trinajstić information content (AvgIpc) is 3.19. The van der Waals surface area contributed by atoms with Gasteiger partial charge in [0.2, 0.25) is 5.91 Å². The van der Waals surface area contributed by atoms with Crippen LogP contribution >= 0.6 is 0 Å². The van der Waals surface area contributed by atoms with Crippen LogP contribution in [0.4, 0.5) is 5.69 Å². The van der Waals surface area contributed by atoms with Crippen molar-refractivity contribution >= 4 is 11.6 Å². The van der Waals surface area contributed by atoms with E-state index in [1.54, 1.807) is 0 Å². The van der Waals surface area contributed by atoms with E-state index < -0.39 is 0 Å². The van der Waals surface area contributed by atoms with Crippen molar-refractivity contribution in [3.8, 4) is 0 Å². The fraction of sp³-hybridized carbons (Fsp3) is 0.533. The zero-order valence-electron chi connectivity index (χ0n) is 11.7. The van der Waals surface area contributed by atoms with Crippen molar-refractivity contribution in [1.29, 1.82) is 0 Å². The first-order valence-corrected chi connectivity index (χ1v) is 6.95. The highest BCUT2D eigenvalue weighted by molar-refractivity contribution is 5.81. The number of nitrogens with zero attached hydrogens (tertiary/aromatic N) is 1. The van der Waals surface area contributed by atoms with E-state index in [0.717, 1.165) is 11.3 Å². The normalized spacial score (nSPS) is 14.5. The molecule has 0 radical (unpaired) electrons. The molecule has 1 aliphatic rings. The highest BCUT2D eigenvalue weighted by atomic mass is 16.2. The summed E-state index contributed by atoms with van der Waals surface area (Å²) in [6.45, 7) is 4.95. The van der Waals surface area contributed by atoms with E-state index in [2.05, 4.69) is 22.3 Å². The minimum absolute atomic E-state index is 0.0878. The smallest absolute Gasteiger partial charge is 0.239 e. The number of amides is 1. The standard InChI is InChI=1S/C15H23N3O/c1-11(2)17-15(19)10-18(14-7-8-14)13-5-3-12(9-16)4-6-13/h3-6,11,14H,7-10,16H2,1-2H3,(H,17,19). The van der Waals surface area contributed by atoms with E-state index >= 15 is 0 Å². The number of hydrogen-bond donors (Lipinski definition) is 2. The lowest BCUT2D eigenvalue weighted by Gasteiger charge is -2.24. The molecule has 1 aromatic carbocycles. The molecule has 4 nitrogen and oxygen atoms in total. The van der Waals surface area contributed by atoms with E-state index in [1.165, 1.54) is 12.8 Å². The fourth-order valence-corrected chi connectivity index (χ4v) is 2.16. The first-order valence-electron chi connectivity index (χ1n) is 6.95. The zero-order valence-corrected chi connectivity index (χ0v) is 11.7. The molecule has 0 spiro atoms. The van der Waals surface area contributed by atoms with Gasteiger partial charge in [-0.25, -0.2) is 0 Å². The van der Waals surface area contributed by atoms with Crippen LogP contribution in [0.25, 0.3) is 0 Å². The Hall–Kier alpha value is -1.55. The van der Waals surface area contributed by atoms with Crippen LogP contribution in [-0.2, 0) is 11.3 Å². The third-order valence-electron chi connectivity index (χ3n) is 3.25. The number of nitrogens with two attached hydrogens (primary N) is 1. The van der Waals surface area contributed by atoms with Gasteiger partial charge in [0.25, 0.3) is 0 Å². The Morgan fingerprint density at radius 1 is 1.37 bits per heavy atom. The van der Waals surface area contributed by atoms with Crippen molar-refractivity contribution in [3.63, 3.8) is 0 Å². The number of hydrogen-bond acceptors (Lipinski definition) is 3. The van der Waals surface area contributed by atoms with Gasteiger partial charge in [0.15, 0.2) is 0 Å². The summed E-state index contributed by atoms with van der Waals surface area (Å²) in [5, 5.41) is 2.95. The SMILES string of the molecule is CC(C)NC(=O)CN(c1ccc(CN)cc1)C1CC1. The molecule has 0 heterocycles. The van der Waals surface area contributed by atoms with E-state index in [-0.39, 0.29) is 11.9 Å². The Morgan fingerprint density at radius 3 is 2.47 bits per heavy atom. The van der Waals surface area contributed by atoms with E-state index in [0.29, 0.717) is 19.1 Å². The fourth-order valence-electron chi connectivity index (χ4n) is 2.16. The molecule has 0 bridgehead atoms. The Kier molecular flexibility index (Phi) is 4.43. The topological polar surface area (TPSA) is 58.4 Å². The molecule has 1 amide bonds.